The molecule has 4 heteroatoms. The minimum Gasteiger partial charge on any atom is -0.480 e. The van der Waals surface area contributed by atoms with E-state index in [9.17, 15) is 14.3 Å². The van der Waals surface area contributed by atoms with Crippen LogP contribution in [0.25, 0.3) is 16.5 Å². The SMILES string of the molecule is CCCC1CC=C(c2c(C)n(CC(=O)O)c3ccc(F)cc23)CC1. The number of carboxylic acids is 1. The number of hydrogen-bond acceptors (Lipinski definition) is 1. The third-order valence-electron chi connectivity index (χ3n) is 5.12. The maximum absolute atomic E-state index is 13.8. The standard InChI is InChI=1S/C20H24FNO2/c1-3-4-14-5-7-15(8-6-14)20-13(2)22(12-19(23)24)18-10-9-16(21)11-17(18)20/h7,9-11,14H,3-6,8,12H2,1-2H3,(H,23,24). The fraction of sp³-hybridized carbons (Fsp3) is 0.450. The summed E-state index contributed by atoms with van der Waals surface area (Å²) in [7, 11) is 0. The summed E-state index contributed by atoms with van der Waals surface area (Å²) in [6.07, 6.45) is 7.92. The first-order valence-electron chi connectivity index (χ1n) is 8.70. The van der Waals surface area contributed by atoms with Crippen molar-refractivity contribution < 1.29 is 14.3 Å². The first-order chi connectivity index (χ1) is 11.5. The van der Waals surface area contributed by atoms with Crippen LogP contribution in [0.1, 0.15) is 50.3 Å². The zero-order valence-corrected chi connectivity index (χ0v) is 14.3. The van der Waals surface area contributed by atoms with E-state index in [1.807, 2.05) is 6.92 Å². The van der Waals surface area contributed by atoms with Crippen molar-refractivity contribution in [3.05, 3.63) is 41.3 Å². The Morgan fingerprint density at radius 1 is 1.42 bits per heavy atom. The number of fused-ring (bicyclic) bond motifs is 1. The number of nitrogens with zero attached hydrogens (tertiary/aromatic N) is 1. The van der Waals surface area contributed by atoms with Crippen molar-refractivity contribution in [1.82, 2.24) is 4.57 Å². The molecule has 1 N–H and O–H groups in total. The van der Waals surface area contributed by atoms with Gasteiger partial charge < -0.3 is 9.67 Å². The van der Waals surface area contributed by atoms with Gasteiger partial charge in [0.15, 0.2) is 0 Å². The molecule has 0 fully saturated rings. The highest BCUT2D eigenvalue weighted by Crippen LogP contribution is 2.38. The molecule has 0 saturated carbocycles. The predicted molar refractivity (Wildman–Crippen MR) is 94.5 cm³/mol. The van der Waals surface area contributed by atoms with Gasteiger partial charge >= 0.3 is 5.97 Å². The molecule has 1 aromatic carbocycles. The Balaban J connectivity index is 2.09. The molecule has 1 atom stereocenters. The van der Waals surface area contributed by atoms with Crippen LogP contribution in [0.3, 0.4) is 0 Å². The fourth-order valence-corrected chi connectivity index (χ4v) is 3.98. The third kappa shape index (κ3) is 3.10. The molecule has 0 bridgehead atoms. The van der Waals surface area contributed by atoms with Crippen LogP contribution in [0, 0.1) is 18.7 Å². The molecule has 2 aromatic rings. The normalized spacial score (nSPS) is 18.0. The van der Waals surface area contributed by atoms with E-state index in [2.05, 4.69) is 13.0 Å². The molecule has 0 aliphatic heterocycles. The van der Waals surface area contributed by atoms with Crippen molar-refractivity contribution in [2.75, 3.05) is 0 Å². The number of aliphatic carboxylic acids is 1. The number of hydrogen-bond donors (Lipinski definition) is 1. The smallest absolute Gasteiger partial charge is 0.323 e. The lowest BCUT2D eigenvalue weighted by atomic mass is 9.83. The van der Waals surface area contributed by atoms with Gasteiger partial charge in [-0.2, -0.15) is 0 Å². The summed E-state index contributed by atoms with van der Waals surface area (Å²) < 4.78 is 15.6. The zero-order valence-electron chi connectivity index (χ0n) is 14.3. The summed E-state index contributed by atoms with van der Waals surface area (Å²) >= 11 is 0. The second-order valence-corrected chi connectivity index (χ2v) is 6.76. The van der Waals surface area contributed by atoms with E-state index in [1.165, 1.54) is 30.5 Å². The zero-order chi connectivity index (χ0) is 17.3. The van der Waals surface area contributed by atoms with E-state index in [0.29, 0.717) is 0 Å². The van der Waals surface area contributed by atoms with Crippen molar-refractivity contribution in [3.63, 3.8) is 0 Å². The van der Waals surface area contributed by atoms with Gasteiger partial charge in [-0.1, -0.05) is 25.8 Å². The number of carbonyl (C=O) groups is 1. The van der Waals surface area contributed by atoms with E-state index in [-0.39, 0.29) is 12.4 Å². The van der Waals surface area contributed by atoms with Gasteiger partial charge in [-0.15, -0.1) is 0 Å². The van der Waals surface area contributed by atoms with Gasteiger partial charge in [0.05, 0.1) is 0 Å². The van der Waals surface area contributed by atoms with Crippen LogP contribution in [-0.2, 0) is 11.3 Å². The molecule has 0 radical (unpaired) electrons. The summed E-state index contributed by atoms with van der Waals surface area (Å²) in [6, 6.07) is 4.62. The van der Waals surface area contributed by atoms with Crippen molar-refractivity contribution in [2.24, 2.45) is 5.92 Å². The molecule has 3 rings (SSSR count). The highest BCUT2D eigenvalue weighted by Gasteiger charge is 2.22. The lowest BCUT2D eigenvalue weighted by molar-refractivity contribution is -0.137. The fourth-order valence-electron chi connectivity index (χ4n) is 3.98. The Hall–Kier alpha value is -2.10. The lowest BCUT2D eigenvalue weighted by Crippen LogP contribution is -2.10. The third-order valence-corrected chi connectivity index (χ3v) is 5.12. The summed E-state index contributed by atoms with van der Waals surface area (Å²) in [5, 5.41) is 10.0. The maximum Gasteiger partial charge on any atom is 0.323 e. The van der Waals surface area contributed by atoms with E-state index >= 15 is 0 Å². The van der Waals surface area contributed by atoms with Gasteiger partial charge in [-0.25, -0.2) is 4.39 Å². The average molecular weight is 329 g/mol. The monoisotopic (exact) mass is 329 g/mol. The van der Waals surface area contributed by atoms with Crippen LogP contribution in [0.4, 0.5) is 4.39 Å². The van der Waals surface area contributed by atoms with E-state index < -0.39 is 5.97 Å². The van der Waals surface area contributed by atoms with Crippen molar-refractivity contribution >= 4 is 22.4 Å². The van der Waals surface area contributed by atoms with Gasteiger partial charge in [0, 0.05) is 22.2 Å². The molecule has 0 spiro atoms. The van der Waals surface area contributed by atoms with E-state index in [1.54, 1.807) is 10.6 Å². The number of allylic oxidation sites excluding steroid dienone is 2. The molecule has 1 aromatic heterocycles. The van der Waals surface area contributed by atoms with Crippen LogP contribution >= 0.6 is 0 Å². The number of benzene rings is 1. The Morgan fingerprint density at radius 3 is 2.83 bits per heavy atom. The Kier molecular flexibility index (Phi) is 4.74. The minimum absolute atomic E-state index is 0.0975. The first kappa shape index (κ1) is 16.7. The second-order valence-electron chi connectivity index (χ2n) is 6.76. The lowest BCUT2D eigenvalue weighted by Gasteiger charge is -2.22. The van der Waals surface area contributed by atoms with Crippen LogP contribution < -0.4 is 0 Å². The first-order valence-corrected chi connectivity index (χ1v) is 8.70. The highest BCUT2D eigenvalue weighted by molar-refractivity contribution is 5.95. The predicted octanol–water partition coefficient (Wildman–Crippen LogP) is 5.16. The largest absolute Gasteiger partial charge is 0.480 e. The summed E-state index contributed by atoms with van der Waals surface area (Å²) in [5.41, 5.74) is 3.97. The van der Waals surface area contributed by atoms with Gasteiger partial charge in [0.1, 0.15) is 12.4 Å². The molecule has 3 nitrogen and oxygen atoms in total. The van der Waals surface area contributed by atoms with E-state index in [4.69, 9.17) is 0 Å². The average Bonchev–Trinajstić information content (AvgIpc) is 2.80. The summed E-state index contributed by atoms with van der Waals surface area (Å²) in [5.74, 6) is -0.425. The molecule has 1 heterocycles. The number of carboxylic acid groups (broad SMARTS) is 1. The Morgan fingerprint density at radius 2 is 2.21 bits per heavy atom. The minimum atomic E-state index is -0.883. The molecule has 24 heavy (non-hydrogen) atoms. The number of aromatic nitrogens is 1. The molecule has 1 aliphatic carbocycles. The van der Waals surface area contributed by atoms with E-state index in [0.717, 1.165) is 47.3 Å². The molecule has 128 valence electrons. The van der Waals surface area contributed by atoms with Crippen molar-refractivity contribution in [2.45, 2.75) is 52.5 Å². The van der Waals surface area contributed by atoms with Crippen LogP contribution in [0.2, 0.25) is 0 Å². The van der Waals surface area contributed by atoms with Crippen molar-refractivity contribution in [3.8, 4) is 0 Å². The van der Waals surface area contributed by atoms with Gasteiger partial charge in [0.25, 0.3) is 0 Å². The van der Waals surface area contributed by atoms with Crippen LogP contribution in [-0.4, -0.2) is 15.6 Å². The summed E-state index contributed by atoms with van der Waals surface area (Å²) in [4.78, 5) is 11.2. The number of halogens is 1. The van der Waals surface area contributed by atoms with Gasteiger partial charge in [-0.3, -0.25) is 4.79 Å². The van der Waals surface area contributed by atoms with Crippen LogP contribution in [0.5, 0.6) is 0 Å². The van der Waals surface area contributed by atoms with Gasteiger partial charge in [-0.05, 0) is 55.9 Å². The molecule has 0 saturated heterocycles. The number of rotatable bonds is 5. The topological polar surface area (TPSA) is 42.2 Å². The van der Waals surface area contributed by atoms with Crippen LogP contribution in [0.15, 0.2) is 24.3 Å². The molecule has 1 unspecified atom stereocenters. The quantitative estimate of drug-likeness (QED) is 0.823. The molecule has 0 amide bonds. The molecular formula is C20H24FNO2. The molecule has 1 aliphatic rings. The Labute approximate surface area is 141 Å². The second kappa shape index (κ2) is 6.80. The molecular weight excluding hydrogens is 305 g/mol. The highest BCUT2D eigenvalue weighted by atomic mass is 19.1. The summed E-state index contributed by atoms with van der Waals surface area (Å²) in [6.45, 7) is 4.06. The van der Waals surface area contributed by atoms with Gasteiger partial charge in [0.2, 0.25) is 0 Å². The maximum atomic E-state index is 13.8. The Bertz CT molecular complexity index is 804. The van der Waals surface area contributed by atoms with Crippen molar-refractivity contribution in [1.29, 1.82) is 0 Å².